The second kappa shape index (κ2) is 5.76. The summed E-state index contributed by atoms with van der Waals surface area (Å²) in [5.41, 5.74) is 1.34. The van der Waals surface area contributed by atoms with Gasteiger partial charge in [-0.05, 0) is 43.5 Å². The summed E-state index contributed by atoms with van der Waals surface area (Å²) in [6.45, 7) is 5.67. The second-order valence-corrected chi connectivity index (χ2v) is 4.08. The van der Waals surface area contributed by atoms with Crippen LogP contribution < -0.4 is 5.32 Å². The number of rotatable bonds is 5. The molecule has 2 heteroatoms. The van der Waals surface area contributed by atoms with Gasteiger partial charge in [0.05, 0.1) is 0 Å². The van der Waals surface area contributed by atoms with Gasteiger partial charge in [-0.25, -0.2) is 0 Å². The maximum atomic E-state index is 4.13. The second-order valence-electron chi connectivity index (χ2n) is 4.08. The Labute approximate surface area is 86.8 Å². The zero-order valence-corrected chi connectivity index (χ0v) is 9.33. The molecule has 1 N–H and O–H groups in total. The van der Waals surface area contributed by atoms with Gasteiger partial charge in [-0.1, -0.05) is 19.9 Å². The summed E-state index contributed by atoms with van der Waals surface area (Å²) >= 11 is 0. The van der Waals surface area contributed by atoms with E-state index < -0.39 is 0 Å². The maximum Gasteiger partial charge on any atom is 0.0299 e. The fourth-order valence-electron chi connectivity index (χ4n) is 1.61. The maximum absolute atomic E-state index is 4.13. The third-order valence-electron chi connectivity index (χ3n) is 2.78. The Morgan fingerprint density at radius 1 is 1.36 bits per heavy atom. The average molecular weight is 192 g/mol. The Bertz CT molecular complexity index is 246. The summed E-state index contributed by atoms with van der Waals surface area (Å²) in [6, 6.07) is 4.15. The van der Waals surface area contributed by atoms with Gasteiger partial charge in [0, 0.05) is 12.4 Å². The van der Waals surface area contributed by atoms with E-state index in [1.165, 1.54) is 5.56 Å². The van der Waals surface area contributed by atoms with Gasteiger partial charge in [0.15, 0.2) is 0 Å². The monoisotopic (exact) mass is 192 g/mol. The van der Waals surface area contributed by atoms with Crippen LogP contribution in [0.4, 0.5) is 0 Å². The standard InChI is InChI=1S/C12H20N2/c1-10(11(2)8-13-3)7-12-5-4-6-14-9-12/h4-6,9-11,13H,7-8H2,1-3H3. The number of hydrogen-bond donors (Lipinski definition) is 1. The first kappa shape index (κ1) is 11.2. The van der Waals surface area contributed by atoms with Crippen molar-refractivity contribution >= 4 is 0 Å². The largest absolute Gasteiger partial charge is 0.319 e. The summed E-state index contributed by atoms with van der Waals surface area (Å²) in [5.74, 6) is 1.41. The summed E-state index contributed by atoms with van der Waals surface area (Å²) in [4.78, 5) is 4.13. The van der Waals surface area contributed by atoms with Crippen molar-refractivity contribution in [1.29, 1.82) is 0 Å². The number of nitrogens with one attached hydrogen (secondary N) is 1. The van der Waals surface area contributed by atoms with Crippen LogP contribution in [0.2, 0.25) is 0 Å². The molecule has 78 valence electrons. The molecule has 0 aliphatic carbocycles. The lowest BCUT2D eigenvalue weighted by molar-refractivity contribution is 0.374. The third-order valence-corrected chi connectivity index (χ3v) is 2.78. The molecular formula is C12H20N2. The van der Waals surface area contributed by atoms with E-state index in [2.05, 4.69) is 30.2 Å². The first-order valence-corrected chi connectivity index (χ1v) is 5.27. The summed E-state index contributed by atoms with van der Waals surface area (Å²) in [7, 11) is 2.01. The molecule has 0 aromatic carbocycles. The summed E-state index contributed by atoms with van der Waals surface area (Å²) in [6.07, 6.45) is 4.91. The molecule has 1 heterocycles. The smallest absolute Gasteiger partial charge is 0.0299 e. The van der Waals surface area contributed by atoms with Crippen LogP contribution in [-0.2, 0) is 6.42 Å². The molecule has 0 radical (unpaired) electrons. The molecule has 0 aliphatic rings. The lowest BCUT2D eigenvalue weighted by Gasteiger charge is -2.19. The number of nitrogens with zero attached hydrogens (tertiary/aromatic N) is 1. The van der Waals surface area contributed by atoms with Crippen molar-refractivity contribution in [2.75, 3.05) is 13.6 Å². The van der Waals surface area contributed by atoms with Crippen molar-refractivity contribution in [3.63, 3.8) is 0 Å². The third kappa shape index (κ3) is 3.46. The zero-order valence-electron chi connectivity index (χ0n) is 9.33. The molecule has 2 nitrogen and oxygen atoms in total. The van der Waals surface area contributed by atoms with Gasteiger partial charge in [0.25, 0.3) is 0 Å². The molecule has 0 spiro atoms. The highest BCUT2D eigenvalue weighted by Crippen LogP contribution is 2.15. The number of hydrogen-bond acceptors (Lipinski definition) is 2. The van der Waals surface area contributed by atoms with Crippen LogP contribution in [0.1, 0.15) is 19.4 Å². The zero-order chi connectivity index (χ0) is 10.4. The van der Waals surface area contributed by atoms with Crippen LogP contribution in [-0.4, -0.2) is 18.6 Å². The van der Waals surface area contributed by atoms with Crippen LogP contribution in [0.3, 0.4) is 0 Å². The molecule has 2 unspecified atom stereocenters. The minimum absolute atomic E-state index is 0.701. The molecule has 2 atom stereocenters. The van der Waals surface area contributed by atoms with E-state index in [4.69, 9.17) is 0 Å². The normalized spacial score (nSPS) is 15.1. The Morgan fingerprint density at radius 3 is 2.71 bits per heavy atom. The first-order valence-electron chi connectivity index (χ1n) is 5.27. The van der Waals surface area contributed by atoms with Gasteiger partial charge in [0.2, 0.25) is 0 Å². The van der Waals surface area contributed by atoms with Crippen LogP contribution in [0, 0.1) is 11.8 Å². The minimum atomic E-state index is 0.701. The first-order chi connectivity index (χ1) is 6.74. The van der Waals surface area contributed by atoms with Crippen molar-refractivity contribution in [2.24, 2.45) is 11.8 Å². The van der Waals surface area contributed by atoms with E-state index in [9.17, 15) is 0 Å². The molecule has 14 heavy (non-hydrogen) atoms. The predicted molar refractivity (Wildman–Crippen MR) is 60.2 cm³/mol. The predicted octanol–water partition coefficient (Wildman–Crippen LogP) is 2.12. The Kier molecular flexibility index (Phi) is 4.60. The topological polar surface area (TPSA) is 24.9 Å². The van der Waals surface area contributed by atoms with Crippen molar-refractivity contribution < 1.29 is 0 Å². The molecule has 0 amide bonds. The van der Waals surface area contributed by atoms with E-state index in [1.807, 2.05) is 25.5 Å². The fraction of sp³-hybridized carbons (Fsp3) is 0.583. The van der Waals surface area contributed by atoms with Gasteiger partial charge in [-0.2, -0.15) is 0 Å². The average Bonchev–Trinajstić information content (AvgIpc) is 2.19. The number of pyridine rings is 1. The van der Waals surface area contributed by atoms with Crippen LogP contribution in [0.25, 0.3) is 0 Å². The van der Waals surface area contributed by atoms with Crippen molar-refractivity contribution in [1.82, 2.24) is 10.3 Å². The van der Waals surface area contributed by atoms with E-state index in [-0.39, 0.29) is 0 Å². The molecule has 0 aliphatic heterocycles. The molecular weight excluding hydrogens is 172 g/mol. The van der Waals surface area contributed by atoms with Crippen LogP contribution in [0.15, 0.2) is 24.5 Å². The fourth-order valence-corrected chi connectivity index (χ4v) is 1.61. The van der Waals surface area contributed by atoms with E-state index in [0.29, 0.717) is 11.8 Å². The molecule has 0 saturated carbocycles. The van der Waals surface area contributed by atoms with Gasteiger partial charge >= 0.3 is 0 Å². The Morgan fingerprint density at radius 2 is 2.14 bits per heavy atom. The van der Waals surface area contributed by atoms with Gasteiger partial charge < -0.3 is 5.32 Å². The molecule has 1 rings (SSSR count). The summed E-state index contributed by atoms with van der Waals surface area (Å²) < 4.78 is 0. The van der Waals surface area contributed by atoms with Crippen LogP contribution in [0.5, 0.6) is 0 Å². The SMILES string of the molecule is CNCC(C)C(C)Cc1cccnc1. The highest BCUT2D eigenvalue weighted by molar-refractivity contribution is 5.09. The molecule has 0 fully saturated rings. The lowest BCUT2D eigenvalue weighted by atomic mass is 9.90. The lowest BCUT2D eigenvalue weighted by Crippen LogP contribution is -2.23. The van der Waals surface area contributed by atoms with E-state index in [1.54, 1.807) is 0 Å². The van der Waals surface area contributed by atoms with Gasteiger partial charge in [-0.3, -0.25) is 4.98 Å². The molecule has 1 aromatic rings. The molecule has 0 bridgehead atoms. The Hall–Kier alpha value is -0.890. The van der Waals surface area contributed by atoms with Crippen molar-refractivity contribution in [2.45, 2.75) is 20.3 Å². The molecule has 1 aromatic heterocycles. The highest BCUT2D eigenvalue weighted by Gasteiger charge is 2.11. The van der Waals surface area contributed by atoms with E-state index >= 15 is 0 Å². The van der Waals surface area contributed by atoms with Gasteiger partial charge in [-0.15, -0.1) is 0 Å². The summed E-state index contributed by atoms with van der Waals surface area (Å²) in [5, 5.41) is 3.22. The van der Waals surface area contributed by atoms with Crippen molar-refractivity contribution in [3.8, 4) is 0 Å². The van der Waals surface area contributed by atoms with Crippen molar-refractivity contribution in [3.05, 3.63) is 30.1 Å². The highest BCUT2D eigenvalue weighted by atomic mass is 14.8. The quantitative estimate of drug-likeness (QED) is 0.773. The minimum Gasteiger partial charge on any atom is -0.319 e. The molecule has 0 saturated heterocycles. The van der Waals surface area contributed by atoms with Crippen LogP contribution >= 0.6 is 0 Å². The van der Waals surface area contributed by atoms with Gasteiger partial charge in [0.1, 0.15) is 0 Å². The number of aromatic nitrogens is 1. The van der Waals surface area contributed by atoms with E-state index in [0.717, 1.165) is 13.0 Å². The Balaban J connectivity index is 2.44.